The Hall–Kier alpha value is -1.76. The highest BCUT2D eigenvalue weighted by atomic mass is 79.9. The smallest absolute Gasteiger partial charge is 0.148 e. The number of nitrogen functional groups attached to an aromatic ring is 1. The first-order chi connectivity index (χ1) is 9.95. The van der Waals surface area contributed by atoms with Crippen LogP contribution in [0.3, 0.4) is 0 Å². The minimum Gasteiger partial charge on any atom is -0.383 e. The highest BCUT2D eigenvalue weighted by Gasteiger charge is 2.28. The van der Waals surface area contributed by atoms with Crippen molar-refractivity contribution in [3.8, 4) is 0 Å². The Labute approximate surface area is 128 Å². The summed E-state index contributed by atoms with van der Waals surface area (Å²) in [5.41, 5.74) is 6.49. The Morgan fingerprint density at radius 2 is 1.95 bits per heavy atom. The SMILES string of the molecule is Cc1c(N)nc(C2CC2)nc1Nc1cc(F)c(Br)cc1F. The van der Waals surface area contributed by atoms with E-state index in [0.717, 1.165) is 25.0 Å². The third-order valence-electron chi connectivity index (χ3n) is 3.41. The van der Waals surface area contributed by atoms with Gasteiger partial charge in [0, 0.05) is 17.5 Å². The zero-order chi connectivity index (χ0) is 15.1. The van der Waals surface area contributed by atoms with Crippen LogP contribution in [0.5, 0.6) is 0 Å². The average Bonchev–Trinajstić information content (AvgIpc) is 3.25. The number of rotatable bonds is 3. The van der Waals surface area contributed by atoms with E-state index in [-0.39, 0.29) is 10.2 Å². The van der Waals surface area contributed by atoms with Gasteiger partial charge in [-0.15, -0.1) is 0 Å². The first-order valence-electron chi connectivity index (χ1n) is 6.51. The summed E-state index contributed by atoms with van der Waals surface area (Å²) in [5, 5.41) is 2.81. The molecule has 1 heterocycles. The fourth-order valence-corrected chi connectivity index (χ4v) is 2.26. The van der Waals surface area contributed by atoms with Crippen molar-refractivity contribution < 1.29 is 8.78 Å². The quantitative estimate of drug-likeness (QED) is 0.816. The molecule has 110 valence electrons. The number of nitrogens with zero attached hydrogens (tertiary/aromatic N) is 2. The van der Waals surface area contributed by atoms with Gasteiger partial charge in [0.1, 0.15) is 29.1 Å². The maximum absolute atomic E-state index is 13.9. The van der Waals surface area contributed by atoms with Crippen LogP contribution in [-0.4, -0.2) is 9.97 Å². The van der Waals surface area contributed by atoms with Crippen molar-refractivity contribution in [1.82, 2.24) is 9.97 Å². The van der Waals surface area contributed by atoms with Gasteiger partial charge in [-0.2, -0.15) is 0 Å². The predicted octanol–water partition coefficient (Wildman–Crippen LogP) is 4.03. The molecule has 0 atom stereocenters. The second-order valence-corrected chi connectivity index (χ2v) is 5.94. The van der Waals surface area contributed by atoms with E-state index in [9.17, 15) is 8.78 Å². The molecule has 1 aliphatic rings. The molecule has 0 radical (unpaired) electrons. The largest absolute Gasteiger partial charge is 0.383 e. The molecule has 0 amide bonds. The normalized spacial score (nSPS) is 14.3. The molecule has 3 rings (SSSR count). The Balaban J connectivity index is 1.99. The molecule has 0 bridgehead atoms. The van der Waals surface area contributed by atoms with Gasteiger partial charge in [0.15, 0.2) is 0 Å². The predicted molar refractivity (Wildman–Crippen MR) is 80.5 cm³/mol. The van der Waals surface area contributed by atoms with E-state index in [0.29, 0.717) is 28.9 Å². The van der Waals surface area contributed by atoms with Crippen LogP contribution in [0.25, 0.3) is 0 Å². The van der Waals surface area contributed by atoms with E-state index in [1.165, 1.54) is 0 Å². The molecule has 7 heteroatoms. The molecular weight excluding hydrogens is 342 g/mol. The third kappa shape index (κ3) is 2.83. The van der Waals surface area contributed by atoms with E-state index in [4.69, 9.17) is 5.73 Å². The number of hydrogen-bond acceptors (Lipinski definition) is 4. The van der Waals surface area contributed by atoms with Gasteiger partial charge in [-0.05, 0) is 41.8 Å². The van der Waals surface area contributed by atoms with Crippen LogP contribution >= 0.6 is 15.9 Å². The molecule has 0 aliphatic heterocycles. The topological polar surface area (TPSA) is 63.8 Å². The van der Waals surface area contributed by atoms with Gasteiger partial charge in [-0.25, -0.2) is 18.7 Å². The fraction of sp³-hybridized carbons (Fsp3) is 0.286. The molecule has 0 unspecified atom stereocenters. The van der Waals surface area contributed by atoms with Crippen molar-refractivity contribution in [1.29, 1.82) is 0 Å². The zero-order valence-electron chi connectivity index (χ0n) is 11.3. The summed E-state index contributed by atoms with van der Waals surface area (Å²) in [4.78, 5) is 8.62. The number of nitrogens with one attached hydrogen (secondary N) is 1. The van der Waals surface area contributed by atoms with Gasteiger partial charge in [-0.3, -0.25) is 0 Å². The molecule has 21 heavy (non-hydrogen) atoms. The first-order valence-corrected chi connectivity index (χ1v) is 7.30. The van der Waals surface area contributed by atoms with Crippen molar-refractivity contribution >= 4 is 33.3 Å². The van der Waals surface area contributed by atoms with E-state index in [1.54, 1.807) is 6.92 Å². The van der Waals surface area contributed by atoms with Gasteiger partial charge < -0.3 is 11.1 Å². The zero-order valence-corrected chi connectivity index (χ0v) is 12.8. The van der Waals surface area contributed by atoms with Gasteiger partial charge in [0.25, 0.3) is 0 Å². The van der Waals surface area contributed by atoms with E-state index < -0.39 is 11.6 Å². The molecule has 2 aromatic rings. The summed E-state index contributed by atoms with van der Waals surface area (Å²) < 4.78 is 27.5. The Morgan fingerprint density at radius 3 is 2.62 bits per heavy atom. The van der Waals surface area contributed by atoms with Crippen LogP contribution in [0.1, 0.15) is 30.1 Å². The summed E-state index contributed by atoms with van der Waals surface area (Å²) in [5.74, 6) is 0.602. The van der Waals surface area contributed by atoms with Crippen molar-refractivity contribution in [3.05, 3.63) is 39.6 Å². The van der Waals surface area contributed by atoms with Crippen molar-refractivity contribution in [3.63, 3.8) is 0 Å². The minimum atomic E-state index is -0.576. The van der Waals surface area contributed by atoms with Gasteiger partial charge in [0.05, 0.1) is 10.2 Å². The first kappa shape index (κ1) is 14.2. The van der Waals surface area contributed by atoms with Gasteiger partial charge >= 0.3 is 0 Å². The van der Waals surface area contributed by atoms with Gasteiger partial charge in [0.2, 0.25) is 0 Å². The molecule has 0 spiro atoms. The molecule has 3 N–H and O–H groups in total. The van der Waals surface area contributed by atoms with Crippen molar-refractivity contribution in [2.75, 3.05) is 11.1 Å². The van der Waals surface area contributed by atoms with E-state index >= 15 is 0 Å². The van der Waals surface area contributed by atoms with Crippen LogP contribution < -0.4 is 11.1 Å². The standard InChI is InChI=1S/C14H13BrF2N4/c1-6-12(18)20-14(7-2-3-7)21-13(6)19-11-5-9(16)8(15)4-10(11)17/h4-5,7H,2-3H2,1H3,(H3,18,19,20,21). The molecule has 4 nitrogen and oxygen atoms in total. The lowest BCUT2D eigenvalue weighted by Gasteiger charge is -2.13. The molecule has 0 saturated heterocycles. The second kappa shape index (κ2) is 5.22. The number of hydrogen-bond donors (Lipinski definition) is 2. The molecule has 1 fully saturated rings. The lowest BCUT2D eigenvalue weighted by Crippen LogP contribution is -2.07. The maximum Gasteiger partial charge on any atom is 0.148 e. The minimum absolute atomic E-state index is 0.0126. The average molecular weight is 355 g/mol. The number of nitrogens with two attached hydrogens (primary N) is 1. The number of anilines is 3. The summed E-state index contributed by atoms with van der Waals surface area (Å²) in [7, 11) is 0. The second-order valence-electron chi connectivity index (χ2n) is 5.09. The fourth-order valence-electron chi connectivity index (χ4n) is 1.94. The third-order valence-corrected chi connectivity index (χ3v) is 4.01. The Kier molecular flexibility index (Phi) is 3.52. The molecule has 1 aromatic carbocycles. The molecular formula is C14H13BrF2N4. The van der Waals surface area contributed by atoms with Crippen LogP contribution in [0, 0.1) is 18.6 Å². The van der Waals surface area contributed by atoms with Crippen LogP contribution in [-0.2, 0) is 0 Å². The number of halogens is 3. The monoisotopic (exact) mass is 354 g/mol. The lowest BCUT2D eigenvalue weighted by molar-refractivity contribution is 0.597. The van der Waals surface area contributed by atoms with E-state index in [1.807, 2.05) is 0 Å². The van der Waals surface area contributed by atoms with Gasteiger partial charge in [-0.1, -0.05) is 0 Å². The van der Waals surface area contributed by atoms with Crippen molar-refractivity contribution in [2.45, 2.75) is 25.7 Å². The summed E-state index contributed by atoms with van der Waals surface area (Å²) in [6, 6.07) is 2.15. The van der Waals surface area contributed by atoms with E-state index in [2.05, 4.69) is 31.2 Å². The highest BCUT2D eigenvalue weighted by molar-refractivity contribution is 9.10. The van der Waals surface area contributed by atoms with Crippen LogP contribution in [0.2, 0.25) is 0 Å². The highest BCUT2D eigenvalue weighted by Crippen LogP contribution is 2.39. The Morgan fingerprint density at radius 1 is 1.24 bits per heavy atom. The summed E-state index contributed by atoms with van der Waals surface area (Å²) in [6.45, 7) is 1.74. The number of aromatic nitrogens is 2. The molecule has 1 aromatic heterocycles. The Bertz CT molecular complexity index is 717. The maximum atomic E-state index is 13.9. The lowest BCUT2D eigenvalue weighted by atomic mass is 10.2. The summed E-state index contributed by atoms with van der Waals surface area (Å²) >= 11 is 2.94. The van der Waals surface area contributed by atoms with Crippen LogP contribution in [0.4, 0.5) is 26.1 Å². The number of benzene rings is 1. The summed E-state index contributed by atoms with van der Waals surface area (Å²) in [6.07, 6.45) is 2.06. The van der Waals surface area contributed by atoms with Crippen LogP contribution in [0.15, 0.2) is 16.6 Å². The van der Waals surface area contributed by atoms with Crippen molar-refractivity contribution in [2.24, 2.45) is 0 Å². The molecule has 1 saturated carbocycles. The molecule has 1 aliphatic carbocycles.